The third kappa shape index (κ3) is 2.21. The second-order valence-electron chi connectivity index (χ2n) is 6.97. The number of amides is 1. The molecule has 0 aromatic heterocycles. The number of hydrogen-bond acceptors (Lipinski definition) is 4. The van der Waals surface area contributed by atoms with Gasteiger partial charge >= 0.3 is 6.09 Å². The number of nitrogens with one attached hydrogen (secondary N) is 1. The summed E-state index contributed by atoms with van der Waals surface area (Å²) in [4.78, 5) is 13.5. The molecule has 0 aromatic rings. The molecule has 2 spiro atoms. The molecule has 2 heterocycles. The Kier molecular flexibility index (Phi) is 2.45. The van der Waals surface area contributed by atoms with Gasteiger partial charge in [-0.25, -0.2) is 4.79 Å². The van der Waals surface area contributed by atoms with Gasteiger partial charge in [0.1, 0.15) is 5.60 Å². The summed E-state index contributed by atoms with van der Waals surface area (Å²) in [6.45, 7) is 8.69. The van der Waals surface area contributed by atoms with Crippen LogP contribution < -0.4 is 5.32 Å². The molecule has 18 heavy (non-hydrogen) atoms. The van der Waals surface area contributed by atoms with E-state index in [2.05, 4.69) is 5.32 Å². The highest BCUT2D eigenvalue weighted by molar-refractivity contribution is 5.69. The van der Waals surface area contributed by atoms with Crippen LogP contribution in [0.2, 0.25) is 0 Å². The van der Waals surface area contributed by atoms with E-state index in [-0.39, 0.29) is 11.8 Å². The number of carbonyl (C=O) groups is 1. The molecule has 1 amide bonds. The van der Waals surface area contributed by atoms with Crippen molar-refractivity contribution in [2.75, 3.05) is 26.2 Å². The van der Waals surface area contributed by atoms with Crippen LogP contribution in [0.15, 0.2) is 0 Å². The summed E-state index contributed by atoms with van der Waals surface area (Å²) >= 11 is 0. The fourth-order valence-electron chi connectivity index (χ4n) is 2.47. The predicted molar refractivity (Wildman–Crippen MR) is 66.2 cm³/mol. The molecular weight excluding hydrogens is 232 g/mol. The second-order valence-corrected chi connectivity index (χ2v) is 6.97. The molecule has 1 saturated carbocycles. The van der Waals surface area contributed by atoms with Gasteiger partial charge in [-0.2, -0.15) is 0 Å². The van der Waals surface area contributed by atoms with Gasteiger partial charge < -0.3 is 9.47 Å². The Hall–Kier alpha value is -0.810. The van der Waals surface area contributed by atoms with Crippen LogP contribution in [-0.4, -0.2) is 48.6 Å². The van der Waals surface area contributed by atoms with E-state index in [0.717, 1.165) is 13.2 Å². The van der Waals surface area contributed by atoms with Crippen LogP contribution in [0.4, 0.5) is 4.79 Å². The van der Waals surface area contributed by atoms with Gasteiger partial charge in [0.25, 0.3) is 0 Å². The lowest BCUT2D eigenvalue weighted by Crippen LogP contribution is -2.74. The first-order valence-electron chi connectivity index (χ1n) is 6.69. The molecule has 0 bridgehead atoms. The van der Waals surface area contributed by atoms with Crippen molar-refractivity contribution < 1.29 is 14.3 Å². The topological polar surface area (TPSA) is 50.8 Å². The molecule has 0 aromatic carbocycles. The van der Waals surface area contributed by atoms with Crippen molar-refractivity contribution in [2.45, 2.75) is 44.9 Å². The van der Waals surface area contributed by atoms with Gasteiger partial charge in [-0.15, -0.1) is 0 Å². The van der Waals surface area contributed by atoms with Gasteiger partial charge in [0.05, 0.1) is 19.7 Å². The highest BCUT2D eigenvalue weighted by Crippen LogP contribution is 2.48. The average molecular weight is 254 g/mol. The standard InChI is InChI=1S/C13H22N2O3/c1-11(2,3)18-10(16)15-7-13(8-15)14-6-12(4-5-12)9-17-13/h14H,4-9H2,1-3H3. The first-order chi connectivity index (χ1) is 8.32. The molecule has 3 aliphatic rings. The van der Waals surface area contributed by atoms with E-state index in [0.29, 0.717) is 18.5 Å². The minimum atomic E-state index is -0.432. The van der Waals surface area contributed by atoms with E-state index >= 15 is 0 Å². The lowest BCUT2D eigenvalue weighted by molar-refractivity contribution is -0.191. The van der Waals surface area contributed by atoms with E-state index < -0.39 is 5.60 Å². The maximum absolute atomic E-state index is 11.8. The van der Waals surface area contributed by atoms with Gasteiger partial charge in [-0.3, -0.25) is 10.2 Å². The third-order valence-corrected chi connectivity index (χ3v) is 3.94. The Morgan fingerprint density at radius 1 is 1.33 bits per heavy atom. The highest BCUT2D eigenvalue weighted by atomic mass is 16.6. The van der Waals surface area contributed by atoms with Crippen LogP contribution in [0.25, 0.3) is 0 Å². The zero-order valence-electron chi connectivity index (χ0n) is 11.4. The molecule has 2 aliphatic heterocycles. The summed E-state index contributed by atoms with van der Waals surface area (Å²) in [5, 5.41) is 3.46. The fourth-order valence-corrected chi connectivity index (χ4v) is 2.47. The van der Waals surface area contributed by atoms with Crippen molar-refractivity contribution >= 4 is 6.09 Å². The van der Waals surface area contributed by atoms with Gasteiger partial charge in [-0.1, -0.05) is 0 Å². The van der Waals surface area contributed by atoms with Gasteiger partial charge in [-0.05, 0) is 33.6 Å². The number of hydrogen-bond donors (Lipinski definition) is 1. The molecule has 102 valence electrons. The number of ether oxygens (including phenoxy) is 2. The van der Waals surface area contributed by atoms with Crippen molar-refractivity contribution in [1.29, 1.82) is 0 Å². The molecule has 3 rings (SSSR count). The van der Waals surface area contributed by atoms with Crippen LogP contribution in [0.1, 0.15) is 33.6 Å². The van der Waals surface area contributed by atoms with Crippen molar-refractivity contribution in [1.82, 2.24) is 10.2 Å². The quantitative estimate of drug-likeness (QED) is 0.708. The highest BCUT2D eigenvalue weighted by Gasteiger charge is 2.55. The zero-order valence-corrected chi connectivity index (χ0v) is 11.4. The van der Waals surface area contributed by atoms with Gasteiger partial charge in [0.2, 0.25) is 0 Å². The molecule has 0 atom stereocenters. The van der Waals surface area contributed by atoms with Crippen molar-refractivity contribution in [3.63, 3.8) is 0 Å². The van der Waals surface area contributed by atoms with Gasteiger partial charge in [0, 0.05) is 12.0 Å². The first-order valence-corrected chi connectivity index (χ1v) is 6.69. The van der Waals surface area contributed by atoms with Gasteiger partial charge in [0.15, 0.2) is 5.72 Å². The lowest BCUT2D eigenvalue weighted by Gasteiger charge is -2.52. The first kappa shape index (κ1) is 12.2. The number of nitrogens with zero attached hydrogens (tertiary/aromatic N) is 1. The van der Waals surface area contributed by atoms with Crippen LogP contribution in [0.5, 0.6) is 0 Å². The molecule has 0 radical (unpaired) electrons. The van der Waals surface area contributed by atoms with Crippen LogP contribution in [-0.2, 0) is 9.47 Å². The molecule has 2 saturated heterocycles. The Balaban J connectivity index is 1.49. The Morgan fingerprint density at radius 3 is 2.44 bits per heavy atom. The van der Waals surface area contributed by atoms with E-state index in [1.54, 1.807) is 4.90 Å². The lowest BCUT2D eigenvalue weighted by atomic mass is 9.98. The Labute approximate surface area is 108 Å². The molecule has 1 N–H and O–H groups in total. The molecule has 0 unspecified atom stereocenters. The zero-order chi connectivity index (χ0) is 13.0. The molecule has 5 heteroatoms. The van der Waals surface area contributed by atoms with Crippen molar-refractivity contribution in [2.24, 2.45) is 5.41 Å². The number of likely N-dealkylation sites (tertiary alicyclic amines) is 1. The SMILES string of the molecule is CC(C)(C)OC(=O)N1CC2(C1)NCC1(CC1)CO2. The number of carbonyl (C=O) groups excluding carboxylic acids is 1. The normalized spacial score (nSPS) is 28.1. The Bertz CT molecular complexity index is 353. The van der Waals surface area contributed by atoms with Crippen molar-refractivity contribution in [3.8, 4) is 0 Å². The maximum atomic E-state index is 11.8. The van der Waals surface area contributed by atoms with E-state index in [4.69, 9.17) is 9.47 Å². The summed E-state index contributed by atoms with van der Waals surface area (Å²) in [6.07, 6.45) is 2.29. The summed E-state index contributed by atoms with van der Waals surface area (Å²) < 4.78 is 11.3. The summed E-state index contributed by atoms with van der Waals surface area (Å²) in [5.41, 5.74) is -0.318. The van der Waals surface area contributed by atoms with E-state index in [9.17, 15) is 4.79 Å². The maximum Gasteiger partial charge on any atom is 0.410 e. The minimum Gasteiger partial charge on any atom is -0.444 e. The molecular formula is C13H22N2O3. The second kappa shape index (κ2) is 3.61. The smallest absolute Gasteiger partial charge is 0.410 e. The number of rotatable bonds is 0. The molecule has 5 nitrogen and oxygen atoms in total. The molecule has 1 aliphatic carbocycles. The Morgan fingerprint density at radius 2 is 2.00 bits per heavy atom. The van der Waals surface area contributed by atoms with Crippen LogP contribution >= 0.6 is 0 Å². The fraction of sp³-hybridized carbons (Fsp3) is 0.923. The largest absolute Gasteiger partial charge is 0.444 e. The van der Waals surface area contributed by atoms with E-state index in [1.165, 1.54) is 12.8 Å². The molecule has 3 fully saturated rings. The third-order valence-electron chi connectivity index (χ3n) is 3.94. The summed E-state index contributed by atoms with van der Waals surface area (Å²) in [7, 11) is 0. The monoisotopic (exact) mass is 254 g/mol. The average Bonchev–Trinajstić information content (AvgIpc) is 2.94. The summed E-state index contributed by atoms with van der Waals surface area (Å²) in [6, 6.07) is 0. The predicted octanol–water partition coefficient (Wildman–Crippen LogP) is 1.33. The van der Waals surface area contributed by atoms with E-state index in [1.807, 2.05) is 20.8 Å². The van der Waals surface area contributed by atoms with Crippen LogP contribution in [0, 0.1) is 5.41 Å². The van der Waals surface area contributed by atoms with Crippen LogP contribution in [0.3, 0.4) is 0 Å². The summed E-state index contributed by atoms with van der Waals surface area (Å²) in [5.74, 6) is 0. The van der Waals surface area contributed by atoms with Crippen molar-refractivity contribution in [3.05, 3.63) is 0 Å². The minimum absolute atomic E-state index is 0.245.